The number of rotatable bonds is 2. The molecule has 3 atom stereocenters. The van der Waals surface area contributed by atoms with Gasteiger partial charge in [-0.05, 0) is 24.6 Å². The molecule has 0 radical (unpaired) electrons. The molecule has 10 heteroatoms. The second-order valence-electron chi connectivity index (χ2n) is 2.29. The minimum atomic E-state index is -4.95. The van der Waals surface area contributed by atoms with Crippen molar-refractivity contribution in [1.29, 1.82) is 0 Å². The summed E-state index contributed by atoms with van der Waals surface area (Å²) < 4.78 is 71.6. The fourth-order valence-corrected chi connectivity index (χ4v) is 3.96. The van der Waals surface area contributed by atoms with E-state index in [-0.39, 0.29) is 0 Å². The van der Waals surface area contributed by atoms with Crippen molar-refractivity contribution in [2.45, 2.75) is 24.9 Å². The van der Waals surface area contributed by atoms with Crippen LogP contribution >= 0.6 is 21.3 Å². The first-order chi connectivity index (χ1) is 7.05. The van der Waals surface area contributed by atoms with E-state index in [0.717, 1.165) is 13.8 Å². The number of hydrogen-bond acceptors (Lipinski definition) is 1. The quantitative estimate of drug-likeness (QED) is 0.472. The van der Waals surface area contributed by atoms with Crippen LogP contribution < -0.4 is 3.87 Å². The van der Waals surface area contributed by atoms with Gasteiger partial charge in [0.15, 0.2) is 0 Å². The SMILES string of the molecule is C/C=S(\[NH+]([O-])/S(=C/C)C(F)(F)F)C(F)(F)F. The molecule has 0 spiro atoms. The van der Waals surface area contributed by atoms with Gasteiger partial charge >= 0.3 is 11.0 Å². The highest BCUT2D eigenvalue weighted by Crippen LogP contribution is 2.37. The second kappa shape index (κ2) is 5.52. The first kappa shape index (κ1) is 15.9. The maximum atomic E-state index is 12.2. The lowest BCUT2D eigenvalue weighted by molar-refractivity contribution is -0.530. The smallest absolute Gasteiger partial charge is 0.486 e. The van der Waals surface area contributed by atoms with Gasteiger partial charge in [0.05, 0.1) is 0 Å². The van der Waals surface area contributed by atoms with Gasteiger partial charge in [0.25, 0.3) is 0 Å². The lowest BCUT2D eigenvalue weighted by atomic mass is 11.0. The molecule has 0 heterocycles. The molecule has 0 amide bonds. The molecular weight excluding hydrogens is 280 g/mol. The van der Waals surface area contributed by atoms with Crippen LogP contribution in [0.25, 0.3) is 0 Å². The molecule has 0 saturated carbocycles. The van der Waals surface area contributed by atoms with E-state index in [4.69, 9.17) is 0 Å². The van der Waals surface area contributed by atoms with Crippen molar-refractivity contribution in [3.05, 3.63) is 5.21 Å². The maximum absolute atomic E-state index is 12.2. The van der Waals surface area contributed by atoms with Crippen LogP contribution in [0, 0.1) is 5.21 Å². The van der Waals surface area contributed by atoms with Gasteiger partial charge in [0, 0.05) is 0 Å². The van der Waals surface area contributed by atoms with E-state index in [1.165, 1.54) is 0 Å². The Bertz CT molecular complexity index is 277. The Hall–Kier alpha value is -0.0600. The second-order valence-corrected chi connectivity index (χ2v) is 6.51. The molecule has 0 aliphatic carbocycles. The van der Waals surface area contributed by atoms with E-state index in [1.54, 1.807) is 0 Å². The number of hydrogen-bond donors (Lipinski definition) is 1. The van der Waals surface area contributed by atoms with Crippen LogP contribution in [0.3, 0.4) is 0 Å². The molecule has 2 nitrogen and oxygen atoms in total. The lowest BCUT2D eigenvalue weighted by Gasteiger charge is -2.28. The van der Waals surface area contributed by atoms with Crippen LogP contribution in [-0.2, 0) is 0 Å². The number of nitrogens with one attached hydrogen (secondary N) is 1. The van der Waals surface area contributed by atoms with E-state index in [0.29, 0.717) is 10.7 Å². The topological polar surface area (TPSA) is 27.5 Å². The van der Waals surface area contributed by atoms with Crippen molar-refractivity contribution in [3.63, 3.8) is 0 Å². The molecule has 0 saturated heterocycles. The summed E-state index contributed by atoms with van der Waals surface area (Å²) in [5, 5.41) is 12.0. The molecule has 3 unspecified atom stereocenters. The van der Waals surface area contributed by atoms with Gasteiger partial charge < -0.3 is 5.21 Å². The Labute approximate surface area is 92.9 Å². The van der Waals surface area contributed by atoms with Crippen molar-refractivity contribution in [1.82, 2.24) is 0 Å². The van der Waals surface area contributed by atoms with E-state index >= 15 is 0 Å². The van der Waals surface area contributed by atoms with Gasteiger partial charge in [0.1, 0.15) is 21.3 Å². The Morgan fingerprint density at radius 3 is 1.25 bits per heavy atom. The first-order valence-corrected chi connectivity index (χ1v) is 6.36. The fraction of sp³-hybridized carbons (Fsp3) is 0.667. The third kappa shape index (κ3) is 4.07. The Morgan fingerprint density at radius 1 is 0.875 bits per heavy atom. The van der Waals surface area contributed by atoms with Gasteiger partial charge in [-0.3, -0.25) is 3.87 Å². The average molecular weight is 289 g/mol. The summed E-state index contributed by atoms with van der Waals surface area (Å²) in [6, 6.07) is 0. The van der Waals surface area contributed by atoms with Gasteiger partial charge in [-0.15, -0.1) is 0 Å². The predicted molar refractivity (Wildman–Crippen MR) is 55.1 cm³/mol. The van der Waals surface area contributed by atoms with Crippen LogP contribution in [0.1, 0.15) is 13.8 Å². The number of halogens is 6. The molecule has 0 bridgehead atoms. The van der Waals surface area contributed by atoms with E-state index in [2.05, 4.69) is 0 Å². The molecule has 0 aromatic carbocycles. The van der Waals surface area contributed by atoms with Crippen molar-refractivity contribution >= 4 is 32.1 Å². The minimum Gasteiger partial charge on any atom is -0.610 e. The molecule has 0 rings (SSSR count). The zero-order chi connectivity index (χ0) is 13.1. The summed E-state index contributed by atoms with van der Waals surface area (Å²) in [5.74, 6) is 0. The number of alkyl halides is 6. The van der Waals surface area contributed by atoms with Gasteiger partial charge in [-0.25, -0.2) is 0 Å². The molecule has 0 aromatic heterocycles. The number of quaternary nitrogens is 1. The van der Waals surface area contributed by atoms with E-state index in [9.17, 15) is 31.5 Å². The Balaban J connectivity index is 5.28. The zero-order valence-corrected chi connectivity index (χ0v) is 9.78. The summed E-state index contributed by atoms with van der Waals surface area (Å²) in [7, 11) is -5.95. The van der Waals surface area contributed by atoms with Crippen molar-refractivity contribution in [3.8, 4) is 0 Å². The molecule has 1 N–H and O–H groups in total. The molecule has 98 valence electrons. The van der Waals surface area contributed by atoms with Crippen molar-refractivity contribution < 1.29 is 30.2 Å². The fourth-order valence-electron chi connectivity index (χ4n) is 0.745. The largest absolute Gasteiger partial charge is 0.610 e. The summed E-state index contributed by atoms with van der Waals surface area (Å²) >= 11 is 0. The summed E-state index contributed by atoms with van der Waals surface area (Å²) in [6.45, 7) is 1.84. The Kier molecular flexibility index (Phi) is 5.50. The summed E-state index contributed by atoms with van der Waals surface area (Å²) in [4.78, 5) is 0. The maximum Gasteiger partial charge on any atom is 0.486 e. The minimum absolute atomic E-state index is 0.456. The third-order valence-electron chi connectivity index (χ3n) is 1.33. The molecule has 0 aromatic rings. The summed E-state index contributed by atoms with van der Waals surface area (Å²) in [6.07, 6.45) is 0. The van der Waals surface area contributed by atoms with Crippen molar-refractivity contribution in [2.75, 3.05) is 0 Å². The molecule has 16 heavy (non-hydrogen) atoms. The molecule has 0 fully saturated rings. The molecular formula is C6H9F6NOS2. The lowest BCUT2D eigenvalue weighted by Crippen LogP contribution is -2.98. The molecule has 0 aliphatic heterocycles. The highest BCUT2D eigenvalue weighted by Gasteiger charge is 2.45. The van der Waals surface area contributed by atoms with Crippen LogP contribution in [0.15, 0.2) is 0 Å². The molecule has 0 aliphatic rings. The summed E-state index contributed by atoms with van der Waals surface area (Å²) in [5.41, 5.74) is -9.91. The Morgan fingerprint density at radius 2 is 1.12 bits per heavy atom. The van der Waals surface area contributed by atoms with Gasteiger partial charge in [0.2, 0.25) is 0 Å². The highest BCUT2D eigenvalue weighted by atomic mass is 32.3. The first-order valence-electron chi connectivity index (χ1n) is 3.78. The van der Waals surface area contributed by atoms with Crippen LogP contribution in [0.4, 0.5) is 26.3 Å². The normalized spacial score (nSPS) is 19.8. The highest BCUT2D eigenvalue weighted by molar-refractivity contribution is 8.21. The predicted octanol–water partition coefficient (Wildman–Crippen LogP) is 2.42. The van der Waals surface area contributed by atoms with Crippen LogP contribution in [0.5, 0.6) is 0 Å². The van der Waals surface area contributed by atoms with Gasteiger partial charge in [-0.2, -0.15) is 26.3 Å². The van der Waals surface area contributed by atoms with E-state index < -0.39 is 36.2 Å². The zero-order valence-electron chi connectivity index (χ0n) is 8.15. The standard InChI is InChI=1S/C6H9F6NOS2/c1-3-15(5(7,8)9)13(14)16(4-2)6(10,11)12/h3-4,13H,1-2H3. The van der Waals surface area contributed by atoms with Crippen LogP contribution in [-0.4, -0.2) is 21.8 Å². The van der Waals surface area contributed by atoms with E-state index in [1.807, 2.05) is 0 Å². The third-order valence-corrected chi connectivity index (χ3v) is 5.07. The monoisotopic (exact) mass is 289 g/mol. The average Bonchev–Trinajstić information content (AvgIpc) is 2.00. The van der Waals surface area contributed by atoms with Gasteiger partial charge in [-0.1, -0.05) is 0 Å². The van der Waals surface area contributed by atoms with Crippen molar-refractivity contribution in [2.24, 2.45) is 0 Å². The van der Waals surface area contributed by atoms with Crippen LogP contribution in [0.2, 0.25) is 0 Å².